The first kappa shape index (κ1) is 13.9. The molecule has 4 nitrogen and oxygen atoms in total. The van der Waals surface area contributed by atoms with Gasteiger partial charge in [0.1, 0.15) is 5.60 Å². The topological polar surface area (TPSA) is 52.6 Å². The van der Waals surface area contributed by atoms with E-state index in [-0.39, 0.29) is 5.92 Å². The molecule has 0 amide bonds. The molecule has 0 aliphatic carbocycles. The fourth-order valence-corrected chi connectivity index (χ4v) is 0.995. The van der Waals surface area contributed by atoms with Gasteiger partial charge in [0.25, 0.3) is 0 Å². The molecule has 0 aromatic carbocycles. The van der Waals surface area contributed by atoms with Crippen molar-refractivity contribution >= 4 is 11.9 Å². The van der Waals surface area contributed by atoms with Crippen LogP contribution in [-0.4, -0.2) is 23.6 Å². The third kappa shape index (κ3) is 6.10. The van der Waals surface area contributed by atoms with Crippen LogP contribution in [-0.2, 0) is 19.1 Å². The van der Waals surface area contributed by atoms with Gasteiger partial charge < -0.3 is 9.47 Å². The Balaban J connectivity index is 4.50. The average Bonchev–Trinajstić information content (AvgIpc) is 1.95. The average molecular weight is 216 g/mol. The molecule has 0 saturated heterocycles. The first-order chi connectivity index (χ1) is 6.63. The van der Waals surface area contributed by atoms with E-state index in [0.717, 1.165) is 0 Å². The largest absolute Gasteiger partial charge is 0.457 e. The zero-order chi connectivity index (χ0) is 12.2. The molecule has 0 heterocycles. The van der Waals surface area contributed by atoms with Gasteiger partial charge in [-0.15, -0.1) is 0 Å². The second-order valence-electron chi connectivity index (χ2n) is 4.81. The third-order valence-corrected chi connectivity index (χ3v) is 1.54. The summed E-state index contributed by atoms with van der Waals surface area (Å²) in [5, 5.41) is 0. The number of ether oxygens (including phenoxy) is 2. The molecule has 0 aromatic rings. The van der Waals surface area contributed by atoms with Crippen LogP contribution in [0.3, 0.4) is 0 Å². The molecule has 0 aromatic heterocycles. The Morgan fingerprint density at radius 2 is 1.60 bits per heavy atom. The fourth-order valence-electron chi connectivity index (χ4n) is 0.995. The van der Waals surface area contributed by atoms with E-state index in [1.165, 1.54) is 6.92 Å². The van der Waals surface area contributed by atoms with Crippen molar-refractivity contribution in [2.24, 2.45) is 5.92 Å². The Morgan fingerprint density at radius 3 is 1.87 bits per heavy atom. The van der Waals surface area contributed by atoms with E-state index in [9.17, 15) is 9.59 Å². The summed E-state index contributed by atoms with van der Waals surface area (Å²) in [5.41, 5.74) is -0.565. The molecule has 0 bridgehead atoms. The van der Waals surface area contributed by atoms with Gasteiger partial charge in [-0.05, 0) is 20.8 Å². The quantitative estimate of drug-likeness (QED) is 0.676. The predicted octanol–water partition coefficient (Wildman–Crippen LogP) is 1.92. The summed E-state index contributed by atoms with van der Waals surface area (Å²) in [5.74, 6) is -1.06. The molecule has 0 saturated carbocycles. The molecular formula is C11H20O4. The molecule has 1 atom stereocenters. The van der Waals surface area contributed by atoms with Crippen molar-refractivity contribution in [3.8, 4) is 0 Å². The number of rotatable bonds is 3. The van der Waals surface area contributed by atoms with Crippen molar-refractivity contribution in [1.29, 1.82) is 0 Å². The maximum atomic E-state index is 11.6. The predicted molar refractivity (Wildman–Crippen MR) is 56.2 cm³/mol. The summed E-state index contributed by atoms with van der Waals surface area (Å²) < 4.78 is 10.1. The van der Waals surface area contributed by atoms with Crippen LogP contribution in [0.4, 0.5) is 0 Å². The van der Waals surface area contributed by atoms with Crippen LogP contribution in [0, 0.1) is 5.92 Å². The van der Waals surface area contributed by atoms with Crippen LogP contribution in [0.1, 0.15) is 41.5 Å². The summed E-state index contributed by atoms with van der Waals surface area (Å²) >= 11 is 0. The lowest BCUT2D eigenvalue weighted by molar-refractivity contribution is -0.177. The van der Waals surface area contributed by atoms with Crippen molar-refractivity contribution in [2.75, 3.05) is 0 Å². The molecule has 0 radical (unpaired) electrons. The molecule has 0 rings (SSSR count). The van der Waals surface area contributed by atoms with Crippen molar-refractivity contribution < 1.29 is 19.1 Å². The Morgan fingerprint density at radius 1 is 1.13 bits per heavy atom. The van der Waals surface area contributed by atoms with E-state index in [2.05, 4.69) is 0 Å². The minimum atomic E-state index is -0.818. The highest BCUT2D eigenvalue weighted by molar-refractivity contribution is 5.79. The van der Waals surface area contributed by atoms with E-state index < -0.39 is 23.6 Å². The molecule has 88 valence electrons. The maximum absolute atomic E-state index is 11.6. The van der Waals surface area contributed by atoms with Gasteiger partial charge in [0, 0.05) is 12.8 Å². The summed E-state index contributed by atoms with van der Waals surface area (Å²) in [6.07, 6.45) is -0.818. The van der Waals surface area contributed by atoms with Crippen LogP contribution < -0.4 is 0 Å². The number of hydrogen-bond acceptors (Lipinski definition) is 4. The Labute approximate surface area is 90.9 Å². The Kier molecular flexibility index (Phi) is 4.78. The van der Waals surface area contributed by atoms with Crippen molar-refractivity contribution in [3.05, 3.63) is 0 Å². The molecule has 0 spiro atoms. The second kappa shape index (κ2) is 5.14. The van der Waals surface area contributed by atoms with E-state index >= 15 is 0 Å². The second-order valence-corrected chi connectivity index (χ2v) is 4.81. The molecule has 0 N–H and O–H groups in total. The summed E-state index contributed by atoms with van der Waals surface area (Å²) in [7, 11) is 0. The smallest absolute Gasteiger partial charge is 0.348 e. The van der Waals surface area contributed by atoms with Gasteiger partial charge in [-0.1, -0.05) is 13.8 Å². The number of carbonyl (C=O) groups excluding carboxylic acids is 2. The van der Waals surface area contributed by atoms with Gasteiger partial charge in [0.2, 0.25) is 6.10 Å². The zero-order valence-corrected chi connectivity index (χ0v) is 10.3. The highest BCUT2D eigenvalue weighted by Crippen LogP contribution is 2.14. The van der Waals surface area contributed by atoms with Gasteiger partial charge >= 0.3 is 11.9 Å². The lowest BCUT2D eigenvalue weighted by atomic mass is 10.1. The lowest BCUT2D eigenvalue weighted by Crippen LogP contribution is -2.37. The zero-order valence-electron chi connectivity index (χ0n) is 10.3. The van der Waals surface area contributed by atoms with Crippen molar-refractivity contribution in [2.45, 2.75) is 53.2 Å². The number of esters is 2. The van der Waals surface area contributed by atoms with Crippen molar-refractivity contribution in [1.82, 2.24) is 0 Å². The van der Waals surface area contributed by atoms with Gasteiger partial charge in [0.15, 0.2) is 0 Å². The Bertz CT molecular complexity index is 237. The normalized spacial score (nSPS) is 13.5. The first-order valence-corrected chi connectivity index (χ1v) is 5.03. The molecule has 0 aliphatic heterocycles. The standard InChI is InChI=1S/C11H20O4/c1-7(2)9(14-8(3)12)10(13)15-11(4,5)6/h7,9H,1-6H3. The third-order valence-electron chi connectivity index (χ3n) is 1.54. The van der Waals surface area contributed by atoms with Crippen LogP contribution in [0.25, 0.3) is 0 Å². The van der Waals surface area contributed by atoms with Crippen LogP contribution in [0.15, 0.2) is 0 Å². The fraction of sp³-hybridized carbons (Fsp3) is 0.818. The van der Waals surface area contributed by atoms with Crippen LogP contribution in [0.5, 0.6) is 0 Å². The number of carbonyl (C=O) groups is 2. The lowest BCUT2D eigenvalue weighted by Gasteiger charge is -2.25. The monoisotopic (exact) mass is 216 g/mol. The van der Waals surface area contributed by atoms with Crippen LogP contribution in [0.2, 0.25) is 0 Å². The van der Waals surface area contributed by atoms with Gasteiger partial charge in [0.05, 0.1) is 0 Å². The van der Waals surface area contributed by atoms with E-state index in [0.29, 0.717) is 0 Å². The molecule has 15 heavy (non-hydrogen) atoms. The van der Waals surface area contributed by atoms with Gasteiger partial charge in [-0.2, -0.15) is 0 Å². The highest BCUT2D eigenvalue weighted by Gasteiger charge is 2.30. The highest BCUT2D eigenvalue weighted by atomic mass is 16.6. The summed E-state index contributed by atoms with van der Waals surface area (Å²) in [6.45, 7) is 10.2. The maximum Gasteiger partial charge on any atom is 0.348 e. The summed E-state index contributed by atoms with van der Waals surface area (Å²) in [4.78, 5) is 22.4. The SMILES string of the molecule is CC(=O)OC(C(=O)OC(C)(C)C)C(C)C. The number of hydrogen-bond donors (Lipinski definition) is 0. The molecular weight excluding hydrogens is 196 g/mol. The first-order valence-electron chi connectivity index (χ1n) is 5.03. The van der Waals surface area contributed by atoms with E-state index in [1.54, 1.807) is 34.6 Å². The molecule has 4 heteroatoms. The Hall–Kier alpha value is -1.06. The van der Waals surface area contributed by atoms with Crippen molar-refractivity contribution in [3.63, 3.8) is 0 Å². The molecule has 0 fully saturated rings. The van der Waals surface area contributed by atoms with Gasteiger partial charge in [-0.3, -0.25) is 4.79 Å². The van der Waals surface area contributed by atoms with E-state index in [4.69, 9.17) is 9.47 Å². The minimum absolute atomic E-state index is 0.0938. The van der Waals surface area contributed by atoms with E-state index in [1.807, 2.05) is 0 Å². The minimum Gasteiger partial charge on any atom is -0.457 e. The molecule has 1 unspecified atom stereocenters. The molecule has 0 aliphatic rings. The summed E-state index contributed by atoms with van der Waals surface area (Å²) in [6, 6.07) is 0. The van der Waals surface area contributed by atoms with Gasteiger partial charge in [-0.25, -0.2) is 4.79 Å². The van der Waals surface area contributed by atoms with Crippen LogP contribution >= 0.6 is 0 Å².